The zero-order chi connectivity index (χ0) is 9.97. The predicted octanol–water partition coefficient (Wildman–Crippen LogP) is 3.28. The average Bonchev–Trinajstić information content (AvgIpc) is 2.67. The second-order valence-electron chi connectivity index (χ2n) is 2.68. The van der Waals surface area contributed by atoms with E-state index in [2.05, 4.69) is 4.98 Å². The Hall–Kier alpha value is -1.19. The third-order valence-corrected chi connectivity index (χ3v) is 2.97. The van der Waals surface area contributed by atoms with Gasteiger partial charge in [0.1, 0.15) is 10.7 Å². The van der Waals surface area contributed by atoms with Gasteiger partial charge in [-0.25, -0.2) is 4.98 Å². The molecule has 0 amide bonds. The number of rotatable bonds is 2. The molecule has 0 fully saturated rings. The maximum atomic E-state index is 10.4. The van der Waals surface area contributed by atoms with Crippen molar-refractivity contribution in [3.8, 4) is 10.6 Å². The molecular weight excluding hydrogens is 218 g/mol. The maximum Gasteiger partial charge on any atom is 0.169 e. The summed E-state index contributed by atoms with van der Waals surface area (Å²) in [6.45, 7) is 0. The SMILES string of the molecule is O=Cc1csc(-c2ccccc2Cl)n1. The van der Waals surface area contributed by atoms with Crippen molar-refractivity contribution in [1.29, 1.82) is 0 Å². The van der Waals surface area contributed by atoms with E-state index in [0.29, 0.717) is 10.7 Å². The van der Waals surface area contributed by atoms with Crippen LogP contribution in [0.3, 0.4) is 0 Å². The van der Waals surface area contributed by atoms with Gasteiger partial charge in [-0.15, -0.1) is 11.3 Å². The van der Waals surface area contributed by atoms with Crippen molar-refractivity contribution >= 4 is 29.2 Å². The van der Waals surface area contributed by atoms with Crippen molar-refractivity contribution < 1.29 is 4.79 Å². The molecule has 0 unspecified atom stereocenters. The molecule has 0 bridgehead atoms. The molecule has 0 aliphatic carbocycles. The van der Waals surface area contributed by atoms with Gasteiger partial charge in [0.05, 0.1) is 5.02 Å². The molecule has 1 aromatic heterocycles. The van der Waals surface area contributed by atoms with Crippen molar-refractivity contribution in [3.63, 3.8) is 0 Å². The first-order valence-electron chi connectivity index (χ1n) is 3.97. The zero-order valence-corrected chi connectivity index (χ0v) is 8.68. The van der Waals surface area contributed by atoms with Crippen LogP contribution < -0.4 is 0 Å². The number of aldehydes is 1. The van der Waals surface area contributed by atoms with Gasteiger partial charge in [0.2, 0.25) is 0 Å². The Morgan fingerprint density at radius 2 is 2.14 bits per heavy atom. The Morgan fingerprint density at radius 3 is 2.79 bits per heavy atom. The van der Waals surface area contributed by atoms with Gasteiger partial charge < -0.3 is 0 Å². The number of carbonyl (C=O) groups is 1. The summed E-state index contributed by atoms with van der Waals surface area (Å²) in [5.41, 5.74) is 1.32. The number of halogens is 1. The van der Waals surface area contributed by atoms with Crippen molar-refractivity contribution in [2.75, 3.05) is 0 Å². The molecule has 0 radical (unpaired) electrons. The van der Waals surface area contributed by atoms with E-state index in [9.17, 15) is 4.79 Å². The van der Waals surface area contributed by atoms with Gasteiger partial charge in [-0.05, 0) is 6.07 Å². The minimum atomic E-state index is 0.449. The summed E-state index contributed by atoms with van der Waals surface area (Å²) in [6.07, 6.45) is 0.733. The van der Waals surface area contributed by atoms with Gasteiger partial charge >= 0.3 is 0 Å². The molecule has 0 spiro atoms. The van der Waals surface area contributed by atoms with Gasteiger partial charge in [-0.1, -0.05) is 29.8 Å². The molecule has 0 saturated heterocycles. The van der Waals surface area contributed by atoms with Gasteiger partial charge in [0, 0.05) is 10.9 Å². The van der Waals surface area contributed by atoms with Crippen LogP contribution in [0, 0.1) is 0 Å². The number of nitrogens with zero attached hydrogens (tertiary/aromatic N) is 1. The van der Waals surface area contributed by atoms with E-state index >= 15 is 0 Å². The van der Waals surface area contributed by atoms with Crippen LogP contribution in [0.2, 0.25) is 5.02 Å². The summed E-state index contributed by atoms with van der Waals surface area (Å²) in [5.74, 6) is 0. The molecule has 2 aromatic rings. The molecule has 2 nitrogen and oxygen atoms in total. The summed E-state index contributed by atoms with van der Waals surface area (Å²) in [6, 6.07) is 7.44. The molecule has 14 heavy (non-hydrogen) atoms. The van der Waals surface area contributed by atoms with Gasteiger partial charge in [0.25, 0.3) is 0 Å². The van der Waals surface area contributed by atoms with E-state index in [1.54, 1.807) is 11.4 Å². The van der Waals surface area contributed by atoms with Crippen molar-refractivity contribution in [2.24, 2.45) is 0 Å². The first kappa shape index (κ1) is 9.37. The molecule has 1 heterocycles. The van der Waals surface area contributed by atoms with Gasteiger partial charge in [-0.3, -0.25) is 4.79 Å². The smallest absolute Gasteiger partial charge is 0.169 e. The molecule has 1 aromatic carbocycles. The minimum Gasteiger partial charge on any atom is -0.296 e. The van der Waals surface area contributed by atoms with E-state index in [1.807, 2.05) is 18.2 Å². The second-order valence-corrected chi connectivity index (χ2v) is 3.94. The van der Waals surface area contributed by atoms with Crippen LogP contribution in [0.1, 0.15) is 10.5 Å². The normalized spacial score (nSPS) is 10.1. The number of hydrogen-bond donors (Lipinski definition) is 0. The minimum absolute atomic E-state index is 0.449. The highest BCUT2D eigenvalue weighted by molar-refractivity contribution is 7.13. The third kappa shape index (κ3) is 1.69. The second kappa shape index (κ2) is 3.90. The highest BCUT2D eigenvalue weighted by Crippen LogP contribution is 2.29. The van der Waals surface area contributed by atoms with Crippen molar-refractivity contribution in [1.82, 2.24) is 4.98 Å². The lowest BCUT2D eigenvalue weighted by Gasteiger charge is -1.97. The average molecular weight is 224 g/mol. The molecule has 0 aliphatic rings. The van der Waals surface area contributed by atoms with Crippen molar-refractivity contribution in [2.45, 2.75) is 0 Å². The van der Waals surface area contributed by atoms with Crippen LogP contribution in [0.25, 0.3) is 10.6 Å². The Balaban J connectivity index is 2.49. The lowest BCUT2D eigenvalue weighted by Crippen LogP contribution is -1.80. The molecule has 2 rings (SSSR count). The molecule has 4 heteroatoms. The fraction of sp³-hybridized carbons (Fsp3) is 0. The first-order chi connectivity index (χ1) is 6.81. The maximum absolute atomic E-state index is 10.4. The van der Waals surface area contributed by atoms with E-state index in [4.69, 9.17) is 11.6 Å². The van der Waals surface area contributed by atoms with Crippen LogP contribution in [0.15, 0.2) is 29.6 Å². The third-order valence-electron chi connectivity index (χ3n) is 1.75. The number of benzene rings is 1. The monoisotopic (exact) mass is 223 g/mol. The molecular formula is C10H6ClNOS. The lowest BCUT2D eigenvalue weighted by atomic mass is 10.2. The van der Waals surface area contributed by atoms with E-state index < -0.39 is 0 Å². The summed E-state index contributed by atoms with van der Waals surface area (Å²) >= 11 is 7.40. The Kier molecular flexibility index (Phi) is 2.61. The standard InChI is InChI=1S/C10H6ClNOS/c11-9-4-2-1-3-8(9)10-12-7(5-13)6-14-10/h1-6H. The number of carbonyl (C=O) groups excluding carboxylic acids is 1. The highest BCUT2D eigenvalue weighted by Gasteiger charge is 2.06. The molecule has 0 atom stereocenters. The van der Waals surface area contributed by atoms with Crippen LogP contribution in [-0.2, 0) is 0 Å². The summed E-state index contributed by atoms with van der Waals surface area (Å²) in [4.78, 5) is 14.6. The molecule has 70 valence electrons. The first-order valence-corrected chi connectivity index (χ1v) is 5.22. The number of hydrogen-bond acceptors (Lipinski definition) is 3. The fourth-order valence-electron chi connectivity index (χ4n) is 1.10. The van der Waals surface area contributed by atoms with Crippen LogP contribution in [-0.4, -0.2) is 11.3 Å². The topological polar surface area (TPSA) is 30.0 Å². The number of aromatic nitrogens is 1. The largest absolute Gasteiger partial charge is 0.296 e. The van der Waals surface area contributed by atoms with Gasteiger partial charge in [-0.2, -0.15) is 0 Å². The molecule has 0 aliphatic heterocycles. The quantitative estimate of drug-likeness (QED) is 0.732. The van der Waals surface area contributed by atoms with E-state index in [1.165, 1.54) is 11.3 Å². The van der Waals surface area contributed by atoms with Crippen molar-refractivity contribution in [3.05, 3.63) is 40.4 Å². The summed E-state index contributed by atoms with van der Waals surface area (Å²) in [5, 5.41) is 3.14. The Bertz CT molecular complexity index is 467. The van der Waals surface area contributed by atoms with Crippen LogP contribution in [0.5, 0.6) is 0 Å². The van der Waals surface area contributed by atoms with E-state index in [0.717, 1.165) is 16.9 Å². The lowest BCUT2D eigenvalue weighted by molar-refractivity contribution is 0.111. The Morgan fingerprint density at radius 1 is 1.36 bits per heavy atom. The van der Waals surface area contributed by atoms with Crippen LogP contribution in [0.4, 0.5) is 0 Å². The van der Waals surface area contributed by atoms with Gasteiger partial charge in [0.15, 0.2) is 6.29 Å². The van der Waals surface area contributed by atoms with Crippen LogP contribution >= 0.6 is 22.9 Å². The fourth-order valence-corrected chi connectivity index (χ4v) is 2.18. The predicted molar refractivity (Wildman–Crippen MR) is 57.9 cm³/mol. The summed E-state index contributed by atoms with van der Waals surface area (Å²) in [7, 11) is 0. The highest BCUT2D eigenvalue weighted by atomic mass is 35.5. The molecule has 0 saturated carbocycles. The Labute approximate surface area is 90.2 Å². The number of thiazole rings is 1. The zero-order valence-electron chi connectivity index (χ0n) is 7.11. The molecule has 0 N–H and O–H groups in total. The summed E-state index contributed by atoms with van der Waals surface area (Å²) < 4.78 is 0. The van der Waals surface area contributed by atoms with E-state index in [-0.39, 0.29) is 0 Å².